The molecule has 0 bridgehead atoms. The van der Waals surface area contributed by atoms with E-state index in [0.717, 1.165) is 31.1 Å². The number of hydrogen-bond acceptors (Lipinski definition) is 3. The van der Waals surface area contributed by atoms with Crippen molar-refractivity contribution < 1.29 is 14.6 Å². The molecule has 0 heterocycles. The first-order chi connectivity index (χ1) is 9.40. The van der Waals surface area contributed by atoms with Crippen molar-refractivity contribution in [2.24, 2.45) is 0 Å². The van der Waals surface area contributed by atoms with E-state index in [1.54, 1.807) is 18.9 Å². The van der Waals surface area contributed by atoms with Gasteiger partial charge in [0.15, 0.2) is 0 Å². The Morgan fingerprint density at radius 3 is 2.55 bits per heavy atom. The van der Waals surface area contributed by atoms with Crippen molar-refractivity contribution >= 4 is 54.2 Å². The van der Waals surface area contributed by atoms with E-state index in [0.29, 0.717) is 19.5 Å². The van der Waals surface area contributed by atoms with Crippen LogP contribution in [-0.2, 0) is 11.2 Å². The molecular weight excluding hydrogens is 458 g/mol. The molecule has 0 aliphatic rings. The second kappa shape index (κ2) is 8.36. The van der Waals surface area contributed by atoms with Gasteiger partial charge in [0.25, 0.3) is 0 Å². The maximum atomic E-state index is 11.0. The van der Waals surface area contributed by atoms with E-state index in [1.807, 2.05) is 6.07 Å². The first-order valence-electron chi connectivity index (χ1n) is 5.98. The molecule has 20 heavy (non-hydrogen) atoms. The van der Waals surface area contributed by atoms with Crippen LogP contribution in [-0.4, -0.2) is 42.7 Å². The zero-order valence-corrected chi connectivity index (χ0v) is 16.0. The number of amides is 1. The second-order valence-corrected chi connectivity index (χ2v) is 6.87. The van der Waals surface area contributed by atoms with Gasteiger partial charge in [-0.25, -0.2) is 0 Å². The topological polar surface area (TPSA) is 49.8 Å². The average Bonchev–Trinajstić information content (AvgIpc) is 2.36. The Kier molecular flexibility index (Phi) is 7.50. The average molecular weight is 474 g/mol. The zero-order valence-electron chi connectivity index (χ0n) is 11.2. The van der Waals surface area contributed by atoms with Crippen LogP contribution in [0.2, 0.25) is 0 Å². The van der Waals surface area contributed by atoms with Crippen molar-refractivity contribution in [3.05, 3.63) is 25.0 Å². The molecule has 112 valence electrons. The molecule has 4 nitrogen and oxygen atoms in total. The number of carbonyl (C=O) groups is 1. The van der Waals surface area contributed by atoms with Crippen LogP contribution < -0.4 is 4.74 Å². The van der Waals surface area contributed by atoms with Gasteiger partial charge in [0.2, 0.25) is 6.41 Å². The predicted octanol–water partition coefficient (Wildman–Crippen LogP) is 3.36. The summed E-state index contributed by atoms with van der Waals surface area (Å²) in [6.07, 6.45) is 0.868. The third kappa shape index (κ3) is 4.72. The summed E-state index contributed by atoms with van der Waals surface area (Å²) in [5.41, 5.74) is 1.02. The summed E-state index contributed by atoms with van der Waals surface area (Å²) in [5.74, 6) is 0.719. The minimum Gasteiger partial charge on any atom is -0.494 e. The Morgan fingerprint density at radius 1 is 1.40 bits per heavy atom. The van der Waals surface area contributed by atoms with Crippen LogP contribution in [0.3, 0.4) is 0 Å². The molecule has 0 spiro atoms. The monoisotopic (exact) mass is 471 g/mol. The van der Waals surface area contributed by atoms with E-state index in [-0.39, 0.29) is 0 Å². The number of carbonyl (C=O) groups excluding carboxylic acids is 1. The maximum Gasteiger partial charge on any atom is 0.209 e. The Morgan fingerprint density at radius 2 is 2.05 bits per heavy atom. The lowest BCUT2D eigenvalue weighted by atomic mass is 10.1. The van der Waals surface area contributed by atoms with Gasteiger partial charge in [-0.05, 0) is 56.8 Å². The van der Waals surface area contributed by atoms with Crippen molar-refractivity contribution in [2.45, 2.75) is 19.4 Å². The second-order valence-electron chi connectivity index (χ2n) is 4.37. The summed E-state index contributed by atoms with van der Waals surface area (Å²) >= 11 is 10.5. The Hall–Kier alpha value is -0.110. The number of nitrogens with zero attached hydrogens (tertiary/aromatic N) is 1. The summed E-state index contributed by atoms with van der Waals surface area (Å²) in [6.45, 7) is 2.51. The third-order valence-electron chi connectivity index (χ3n) is 2.72. The summed E-state index contributed by atoms with van der Waals surface area (Å²) in [5, 5.41) is 9.33. The largest absolute Gasteiger partial charge is 0.494 e. The molecule has 0 fully saturated rings. The van der Waals surface area contributed by atoms with Crippen LogP contribution in [0.4, 0.5) is 0 Å². The number of hydrogen-bond donors (Lipinski definition) is 1. The van der Waals surface area contributed by atoms with E-state index >= 15 is 0 Å². The Bertz CT molecular complexity index is 480. The molecule has 0 aromatic heterocycles. The molecule has 7 heteroatoms. The van der Waals surface area contributed by atoms with Crippen molar-refractivity contribution in [1.82, 2.24) is 4.90 Å². The predicted molar refractivity (Wildman–Crippen MR) is 89.1 cm³/mol. The quantitative estimate of drug-likeness (QED) is 0.618. The third-order valence-corrected chi connectivity index (χ3v) is 4.86. The van der Waals surface area contributed by atoms with E-state index in [9.17, 15) is 9.90 Å². The molecule has 1 aromatic carbocycles. The maximum absolute atomic E-state index is 11.0. The molecule has 0 aliphatic heterocycles. The fourth-order valence-corrected chi connectivity index (χ4v) is 4.65. The molecule has 1 aromatic rings. The normalized spacial score (nSPS) is 12.1. The first-order valence-corrected chi connectivity index (χ1v) is 8.36. The van der Waals surface area contributed by atoms with E-state index in [1.165, 1.54) is 0 Å². The smallest absolute Gasteiger partial charge is 0.209 e. The van der Waals surface area contributed by atoms with E-state index in [4.69, 9.17) is 4.74 Å². The SMILES string of the molecule is COc1c(Br)cc(Br)c(CCN(C=O)CC(C)O)c1Br. The molecule has 1 rings (SSSR count). The molecule has 1 unspecified atom stereocenters. The minimum absolute atomic E-state index is 0.326. The Balaban J connectivity index is 2.89. The highest BCUT2D eigenvalue weighted by Crippen LogP contribution is 2.40. The molecule has 0 aliphatic carbocycles. The molecular formula is C13H16Br3NO3. The fraction of sp³-hybridized carbons (Fsp3) is 0.462. The van der Waals surface area contributed by atoms with Crippen LogP contribution in [0.5, 0.6) is 5.75 Å². The van der Waals surface area contributed by atoms with Crippen molar-refractivity contribution in [3.63, 3.8) is 0 Å². The summed E-state index contributed by atoms with van der Waals surface area (Å²) in [7, 11) is 1.60. The zero-order chi connectivity index (χ0) is 15.3. The van der Waals surface area contributed by atoms with Crippen LogP contribution in [0.15, 0.2) is 19.5 Å². The number of methoxy groups -OCH3 is 1. The van der Waals surface area contributed by atoms with E-state index in [2.05, 4.69) is 47.8 Å². The number of ether oxygens (including phenoxy) is 1. The number of halogens is 3. The van der Waals surface area contributed by atoms with Crippen molar-refractivity contribution in [3.8, 4) is 5.75 Å². The van der Waals surface area contributed by atoms with Crippen molar-refractivity contribution in [2.75, 3.05) is 20.2 Å². The minimum atomic E-state index is -0.536. The number of aliphatic hydroxyl groups excluding tert-OH is 1. The van der Waals surface area contributed by atoms with Gasteiger partial charge in [-0.1, -0.05) is 15.9 Å². The lowest BCUT2D eigenvalue weighted by Crippen LogP contribution is -2.31. The van der Waals surface area contributed by atoms with Crippen LogP contribution in [0.1, 0.15) is 12.5 Å². The molecule has 1 amide bonds. The Labute approximate surface area is 143 Å². The van der Waals surface area contributed by atoms with Gasteiger partial charge in [-0.3, -0.25) is 4.79 Å². The highest BCUT2D eigenvalue weighted by molar-refractivity contribution is 9.11. The lowest BCUT2D eigenvalue weighted by molar-refractivity contribution is -0.119. The number of aliphatic hydroxyl groups is 1. The van der Waals surface area contributed by atoms with Gasteiger partial charge >= 0.3 is 0 Å². The molecule has 0 saturated heterocycles. The standard InChI is InChI=1S/C13H16Br3NO3/c1-8(19)6-17(7-18)4-3-9-10(14)5-11(15)13(20-2)12(9)16/h5,7-8,19H,3-4,6H2,1-2H3. The highest BCUT2D eigenvalue weighted by Gasteiger charge is 2.16. The fourth-order valence-electron chi connectivity index (χ4n) is 1.81. The van der Waals surface area contributed by atoms with Gasteiger partial charge in [-0.2, -0.15) is 0 Å². The molecule has 1 atom stereocenters. The summed E-state index contributed by atoms with van der Waals surface area (Å²) in [4.78, 5) is 12.5. The summed E-state index contributed by atoms with van der Waals surface area (Å²) in [6, 6.07) is 1.92. The van der Waals surface area contributed by atoms with Gasteiger partial charge in [0.05, 0.1) is 22.2 Å². The van der Waals surface area contributed by atoms with E-state index < -0.39 is 6.10 Å². The molecule has 1 N–H and O–H groups in total. The highest BCUT2D eigenvalue weighted by atomic mass is 79.9. The first kappa shape index (κ1) is 17.9. The van der Waals surface area contributed by atoms with Crippen molar-refractivity contribution in [1.29, 1.82) is 0 Å². The number of benzene rings is 1. The van der Waals surface area contributed by atoms with Gasteiger partial charge in [0, 0.05) is 17.6 Å². The summed E-state index contributed by atoms with van der Waals surface area (Å²) < 4.78 is 7.96. The van der Waals surface area contributed by atoms with Crippen LogP contribution in [0, 0.1) is 0 Å². The molecule has 0 radical (unpaired) electrons. The molecule has 0 saturated carbocycles. The number of rotatable bonds is 7. The lowest BCUT2D eigenvalue weighted by Gasteiger charge is -2.20. The van der Waals surface area contributed by atoms with Gasteiger partial charge in [0.1, 0.15) is 5.75 Å². The van der Waals surface area contributed by atoms with Gasteiger partial charge in [-0.15, -0.1) is 0 Å². The van der Waals surface area contributed by atoms with Crippen LogP contribution in [0.25, 0.3) is 0 Å². The van der Waals surface area contributed by atoms with Gasteiger partial charge < -0.3 is 14.7 Å². The van der Waals surface area contributed by atoms with Crippen LogP contribution >= 0.6 is 47.8 Å².